The Kier molecular flexibility index (Phi) is 3.31. The number of aryl methyl sites for hydroxylation is 2. The molecule has 1 fully saturated rings. The van der Waals surface area contributed by atoms with E-state index in [1.54, 1.807) is 0 Å². The van der Waals surface area contributed by atoms with Gasteiger partial charge in [0.15, 0.2) is 5.69 Å². The third-order valence-corrected chi connectivity index (χ3v) is 3.79. The van der Waals surface area contributed by atoms with Gasteiger partial charge in [0.1, 0.15) is 6.07 Å². The van der Waals surface area contributed by atoms with Gasteiger partial charge >= 0.3 is 0 Å². The van der Waals surface area contributed by atoms with E-state index < -0.39 is 0 Å². The Morgan fingerprint density at radius 1 is 1.30 bits per heavy atom. The Morgan fingerprint density at radius 3 is 2.75 bits per heavy atom. The summed E-state index contributed by atoms with van der Waals surface area (Å²) in [5.41, 5.74) is 3.86. The fourth-order valence-corrected chi connectivity index (χ4v) is 2.58. The summed E-state index contributed by atoms with van der Waals surface area (Å²) < 4.78 is 3.78. The molecular formula is C15H19N5. The van der Waals surface area contributed by atoms with Crippen LogP contribution >= 0.6 is 0 Å². The lowest BCUT2D eigenvalue weighted by Gasteiger charge is -1.98. The average Bonchev–Trinajstić information content (AvgIpc) is 3.05. The topological polar surface area (TPSA) is 59.4 Å². The van der Waals surface area contributed by atoms with Crippen LogP contribution in [0.25, 0.3) is 0 Å². The SMILES string of the molecule is CCc1nn(C)cc1Cc1cn(CC2CC2)nc1C#N. The van der Waals surface area contributed by atoms with E-state index in [0.29, 0.717) is 5.69 Å². The van der Waals surface area contributed by atoms with Gasteiger partial charge in [0, 0.05) is 38.0 Å². The highest BCUT2D eigenvalue weighted by atomic mass is 15.3. The molecule has 0 N–H and O–H groups in total. The molecule has 2 aromatic heterocycles. The van der Waals surface area contributed by atoms with Gasteiger partial charge in [0.25, 0.3) is 0 Å². The lowest BCUT2D eigenvalue weighted by Crippen LogP contribution is -2.00. The summed E-state index contributed by atoms with van der Waals surface area (Å²) in [5, 5.41) is 18.1. The summed E-state index contributed by atoms with van der Waals surface area (Å²) in [6.07, 6.45) is 8.31. The molecule has 104 valence electrons. The minimum Gasteiger partial charge on any atom is -0.275 e. The van der Waals surface area contributed by atoms with Gasteiger partial charge in [-0.2, -0.15) is 15.5 Å². The minimum atomic E-state index is 0.552. The summed E-state index contributed by atoms with van der Waals surface area (Å²) in [7, 11) is 1.93. The molecule has 0 radical (unpaired) electrons. The van der Waals surface area contributed by atoms with Gasteiger partial charge in [-0.1, -0.05) is 6.92 Å². The molecule has 0 atom stereocenters. The van der Waals surface area contributed by atoms with Crippen molar-refractivity contribution in [3.05, 3.63) is 34.9 Å². The monoisotopic (exact) mass is 269 g/mol. The van der Waals surface area contributed by atoms with Gasteiger partial charge in [0.05, 0.1) is 5.69 Å². The van der Waals surface area contributed by atoms with Crippen molar-refractivity contribution in [1.29, 1.82) is 5.26 Å². The lowest BCUT2D eigenvalue weighted by molar-refractivity contribution is 0.561. The molecule has 2 aromatic rings. The fraction of sp³-hybridized carbons (Fsp3) is 0.533. The second kappa shape index (κ2) is 5.12. The van der Waals surface area contributed by atoms with Crippen LogP contribution in [0.2, 0.25) is 0 Å². The predicted molar refractivity (Wildman–Crippen MR) is 75.1 cm³/mol. The molecule has 3 rings (SSSR count). The second-order valence-corrected chi connectivity index (χ2v) is 5.59. The first-order valence-electron chi connectivity index (χ1n) is 7.17. The standard InChI is InChI=1S/C15H19N5/c1-3-14-12(9-19(2)17-14)6-13-10-20(8-11-4-5-11)18-15(13)7-16/h9-11H,3-6,8H2,1-2H3. The first kappa shape index (κ1) is 12.9. The van der Waals surface area contributed by atoms with Gasteiger partial charge in [-0.15, -0.1) is 0 Å². The highest BCUT2D eigenvalue weighted by Crippen LogP contribution is 2.30. The van der Waals surface area contributed by atoms with Crippen molar-refractivity contribution in [2.75, 3.05) is 0 Å². The average molecular weight is 269 g/mol. The van der Waals surface area contributed by atoms with Crippen LogP contribution in [0.5, 0.6) is 0 Å². The van der Waals surface area contributed by atoms with Crippen molar-refractivity contribution in [2.45, 2.75) is 39.2 Å². The van der Waals surface area contributed by atoms with Crippen molar-refractivity contribution in [3.8, 4) is 6.07 Å². The zero-order chi connectivity index (χ0) is 14.1. The van der Waals surface area contributed by atoms with Crippen LogP contribution in [0.3, 0.4) is 0 Å². The molecule has 5 nitrogen and oxygen atoms in total. The molecule has 5 heteroatoms. The molecule has 1 saturated carbocycles. The second-order valence-electron chi connectivity index (χ2n) is 5.59. The fourth-order valence-electron chi connectivity index (χ4n) is 2.58. The Balaban J connectivity index is 1.85. The Morgan fingerprint density at radius 2 is 2.10 bits per heavy atom. The first-order chi connectivity index (χ1) is 9.69. The van der Waals surface area contributed by atoms with Crippen molar-refractivity contribution in [3.63, 3.8) is 0 Å². The molecule has 1 aliphatic rings. The van der Waals surface area contributed by atoms with Crippen molar-refractivity contribution in [2.24, 2.45) is 13.0 Å². The van der Waals surface area contributed by atoms with Crippen molar-refractivity contribution >= 4 is 0 Å². The van der Waals surface area contributed by atoms with E-state index in [-0.39, 0.29) is 0 Å². The molecule has 2 heterocycles. The van der Waals surface area contributed by atoms with Gasteiger partial charge < -0.3 is 0 Å². The summed E-state index contributed by atoms with van der Waals surface area (Å²) >= 11 is 0. The number of rotatable bonds is 5. The molecule has 0 aromatic carbocycles. The maximum Gasteiger partial charge on any atom is 0.165 e. The summed E-state index contributed by atoms with van der Waals surface area (Å²) in [6, 6.07) is 2.21. The van der Waals surface area contributed by atoms with Crippen molar-refractivity contribution in [1.82, 2.24) is 19.6 Å². The molecule has 0 spiro atoms. The number of aromatic nitrogens is 4. The molecular weight excluding hydrogens is 250 g/mol. The van der Waals surface area contributed by atoms with Crippen LogP contribution in [0.1, 0.15) is 42.3 Å². The molecule has 0 bridgehead atoms. The van der Waals surface area contributed by atoms with E-state index in [0.717, 1.165) is 36.6 Å². The zero-order valence-electron chi connectivity index (χ0n) is 12.0. The molecule has 0 aliphatic heterocycles. The summed E-state index contributed by atoms with van der Waals surface area (Å²) in [4.78, 5) is 0. The van der Waals surface area contributed by atoms with E-state index in [4.69, 9.17) is 0 Å². The molecule has 1 aliphatic carbocycles. The van der Waals surface area contributed by atoms with Crippen molar-refractivity contribution < 1.29 is 0 Å². The van der Waals surface area contributed by atoms with E-state index in [1.807, 2.05) is 28.8 Å². The Bertz CT molecular complexity index is 654. The third kappa shape index (κ3) is 2.60. The third-order valence-electron chi connectivity index (χ3n) is 3.79. The van der Waals surface area contributed by atoms with Gasteiger partial charge in [-0.25, -0.2) is 0 Å². The minimum absolute atomic E-state index is 0.552. The van der Waals surface area contributed by atoms with Crippen LogP contribution in [0.15, 0.2) is 12.4 Å². The number of nitriles is 1. The molecule has 0 amide bonds. The lowest BCUT2D eigenvalue weighted by atomic mass is 10.1. The number of nitrogens with zero attached hydrogens (tertiary/aromatic N) is 5. The quantitative estimate of drug-likeness (QED) is 0.834. The summed E-state index contributed by atoms with van der Waals surface area (Å²) in [5.74, 6) is 0.763. The Hall–Kier alpha value is -2.09. The molecule has 0 unspecified atom stereocenters. The molecule has 20 heavy (non-hydrogen) atoms. The van der Waals surface area contributed by atoms with Crippen LogP contribution < -0.4 is 0 Å². The normalized spacial score (nSPS) is 14.4. The van der Waals surface area contributed by atoms with Crippen LogP contribution in [0.4, 0.5) is 0 Å². The van der Waals surface area contributed by atoms with E-state index in [9.17, 15) is 5.26 Å². The van der Waals surface area contributed by atoms with Crippen LogP contribution in [-0.4, -0.2) is 19.6 Å². The maximum atomic E-state index is 9.24. The first-order valence-corrected chi connectivity index (χ1v) is 7.17. The number of hydrogen-bond donors (Lipinski definition) is 0. The molecule has 0 saturated heterocycles. The van der Waals surface area contributed by atoms with Crippen LogP contribution in [0, 0.1) is 17.2 Å². The van der Waals surface area contributed by atoms with Crippen LogP contribution in [-0.2, 0) is 26.4 Å². The maximum absolute atomic E-state index is 9.24. The highest BCUT2D eigenvalue weighted by molar-refractivity contribution is 5.35. The van der Waals surface area contributed by atoms with Gasteiger partial charge in [0.2, 0.25) is 0 Å². The van der Waals surface area contributed by atoms with E-state index >= 15 is 0 Å². The smallest absolute Gasteiger partial charge is 0.165 e. The zero-order valence-corrected chi connectivity index (χ0v) is 12.0. The highest BCUT2D eigenvalue weighted by Gasteiger charge is 2.23. The predicted octanol–water partition coefficient (Wildman–Crippen LogP) is 2.05. The van der Waals surface area contributed by atoms with Gasteiger partial charge in [-0.3, -0.25) is 9.36 Å². The summed E-state index contributed by atoms with van der Waals surface area (Å²) in [6.45, 7) is 3.05. The van der Waals surface area contributed by atoms with Gasteiger partial charge in [-0.05, 0) is 30.7 Å². The van der Waals surface area contributed by atoms with E-state index in [2.05, 4.69) is 23.2 Å². The number of hydrogen-bond acceptors (Lipinski definition) is 3. The largest absolute Gasteiger partial charge is 0.275 e. The van der Waals surface area contributed by atoms with E-state index in [1.165, 1.54) is 18.4 Å². The Labute approximate surface area is 118 Å².